The predicted molar refractivity (Wildman–Crippen MR) is 94.3 cm³/mol. The fraction of sp³-hybridized carbons (Fsp3) is 0.471. The Hall–Kier alpha value is -2.22. The minimum Gasteiger partial charge on any atom is -0.510 e. The lowest BCUT2D eigenvalue weighted by Crippen LogP contribution is -2.24. The molecule has 2 aliphatic rings. The molecule has 2 aliphatic carbocycles. The quantitative estimate of drug-likeness (QED) is 0.829. The summed E-state index contributed by atoms with van der Waals surface area (Å²) < 4.78 is 24.2. The van der Waals surface area contributed by atoms with Crippen LogP contribution in [-0.4, -0.2) is 32.6 Å². The lowest BCUT2D eigenvalue weighted by atomic mass is 9.80. The third kappa shape index (κ3) is 3.44. The van der Waals surface area contributed by atoms with Gasteiger partial charge < -0.3 is 5.11 Å². The first-order valence-electron chi connectivity index (χ1n) is 8.22. The highest BCUT2D eigenvalue weighted by Gasteiger charge is 2.43. The summed E-state index contributed by atoms with van der Waals surface area (Å²) in [6, 6.07) is 6.45. The molecule has 0 bridgehead atoms. The number of aliphatic hydroxyl groups is 1. The van der Waals surface area contributed by atoms with Crippen molar-refractivity contribution < 1.29 is 18.3 Å². The first-order chi connectivity index (χ1) is 11.8. The zero-order chi connectivity index (χ0) is 18.2. The van der Waals surface area contributed by atoms with Gasteiger partial charge in [-0.25, -0.2) is 8.42 Å². The Bertz CT molecular complexity index is 843. The zero-order valence-electron chi connectivity index (χ0n) is 14.2. The molecule has 2 unspecified atom stereocenters. The van der Waals surface area contributed by atoms with E-state index in [0.29, 0.717) is 11.4 Å². The van der Waals surface area contributed by atoms with Gasteiger partial charge in [0.15, 0.2) is 11.5 Å². The molecule has 1 fully saturated rings. The van der Waals surface area contributed by atoms with Crippen molar-refractivity contribution in [2.24, 2.45) is 22.1 Å². The number of carbonyl (C=O) groups is 1. The molecular formula is C17H21N3O4S. The lowest BCUT2D eigenvalue weighted by molar-refractivity contribution is -0.120. The Morgan fingerprint density at radius 1 is 1.08 bits per heavy atom. The van der Waals surface area contributed by atoms with Gasteiger partial charge >= 0.3 is 0 Å². The van der Waals surface area contributed by atoms with E-state index in [-0.39, 0.29) is 29.1 Å². The minimum absolute atomic E-state index is 0.0619. The molecule has 1 aromatic rings. The van der Waals surface area contributed by atoms with E-state index in [4.69, 9.17) is 0 Å². The summed E-state index contributed by atoms with van der Waals surface area (Å²) in [5.74, 6) is -0.333. The Kier molecular flexibility index (Phi) is 4.64. The monoisotopic (exact) mass is 363 g/mol. The number of azo groups is 1. The van der Waals surface area contributed by atoms with Gasteiger partial charge in [-0.15, -0.1) is 5.11 Å². The van der Waals surface area contributed by atoms with E-state index in [0.717, 1.165) is 36.2 Å². The van der Waals surface area contributed by atoms with E-state index < -0.39 is 10.0 Å². The van der Waals surface area contributed by atoms with Gasteiger partial charge in [0.05, 0.1) is 17.6 Å². The van der Waals surface area contributed by atoms with Crippen LogP contribution in [0.1, 0.15) is 25.7 Å². The summed E-state index contributed by atoms with van der Waals surface area (Å²) >= 11 is 0. The van der Waals surface area contributed by atoms with Crippen LogP contribution in [0.15, 0.2) is 46.0 Å². The van der Waals surface area contributed by atoms with Crippen molar-refractivity contribution in [2.75, 3.05) is 17.6 Å². The average molecular weight is 363 g/mol. The molecule has 0 saturated heterocycles. The van der Waals surface area contributed by atoms with E-state index in [9.17, 15) is 18.3 Å². The number of rotatable bonds is 4. The van der Waals surface area contributed by atoms with Crippen LogP contribution in [0.2, 0.25) is 0 Å². The van der Waals surface area contributed by atoms with E-state index in [1.54, 1.807) is 24.3 Å². The molecule has 7 nitrogen and oxygen atoms in total. The molecule has 0 amide bonds. The van der Waals surface area contributed by atoms with Gasteiger partial charge in [0.2, 0.25) is 10.0 Å². The number of Topliss-reactive ketones (excluding diaryl/α,β-unsaturated/α-hetero) is 1. The molecule has 0 radical (unpaired) electrons. The Balaban J connectivity index is 1.78. The fourth-order valence-electron chi connectivity index (χ4n) is 3.38. The second-order valence-corrected chi connectivity index (χ2v) is 8.56. The molecule has 1 saturated carbocycles. The number of sulfonamides is 1. The van der Waals surface area contributed by atoms with Crippen LogP contribution in [-0.2, 0) is 14.8 Å². The molecule has 8 heteroatoms. The predicted octanol–water partition coefficient (Wildman–Crippen LogP) is 3.32. The number of benzene rings is 1. The summed E-state index contributed by atoms with van der Waals surface area (Å²) in [7, 11) is -1.86. The molecular weight excluding hydrogens is 342 g/mol. The van der Waals surface area contributed by atoms with Gasteiger partial charge in [-0.05, 0) is 37.1 Å². The van der Waals surface area contributed by atoms with Crippen LogP contribution in [0.3, 0.4) is 0 Å². The van der Waals surface area contributed by atoms with Crippen molar-refractivity contribution in [3.05, 3.63) is 35.7 Å². The average Bonchev–Trinajstić information content (AvgIpc) is 2.83. The number of fused-ring (bicyclic) bond motifs is 1. The maximum Gasteiger partial charge on any atom is 0.231 e. The molecule has 3 rings (SSSR count). The number of ketones is 1. The van der Waals surface area contributed by atoms with E-state index >= 15 is 0 Å². The van der Waals surface area contributed by atoms with E-state index in [2.05, 4.69) is 10.2 Å². The molecule has 2 atom stereocenters. The van der Waals surface area contributed by atoms with Crippen LogP contribution < -0.4 is 4.31 Å². The topological polar surface area (TPSA) is 99.4 Å². The van der Waals surface area contributed by atoms with Gasteiger partial charge in [0.25, 0.3) is 0 Å². The Morgan fingerprint density at radius 2 is 1.68 bits per heavy atom. The number of hydrogen-bond donors (Lipinski definition) is 1. The first kappa shape index (κ1) is 17.6. The molecule has 1 N–H and O–H groups in total. The molecule has 0 heterocycles. The summed E-state index contributed by atoms with van der Waals surface area (Å²) in [5, 5.41) is 18.3. The van der Waals surface area contributed by atoms with Crippen molar-refractivity contribution in [1.82, 2.24) is 0 Å². The van der Waals surface area contributed by atoms with Crippen LogP contribution in [0.5, 0.6) is 0 Å². The van der Waals surface area contributed by atoms with Crippen molar-refractivity contribution in [3.63, 3.8) is 0 Å². The summed E-state index contributed by atoms with van der Waals surface area (Å²) in [6.45, 7) is 0. The van der Waals surface area contributed by atoms with Crippen molar-refractivity contribution in [2.45, 2.75) is 25.7 Å². The van der Waals surface area contributed by atoms with Gasteiger partial charge in [-0.3, -0.25) is 9.10 Å². The molecule has 134 valence electrons. The smallest absolute Gasteiger partial charge is 0.231 e. The number of aliphatic hydroxyl groups excluding tert-OH is 1. The number of allylic oxidation sites excluding steroid dienone is 2. The normalized spacial score (nSPS) is 24.0. The maximum atomic E-state index is 12.4. The molecule has 0 aromatic heterocycles. The first-order valence-corrected chi connectivity index (χ1v) is 10.1. The second-order valence-electron chi connectivity index (χ2n) is 6.54. The minimum atomic E-state index is -3.33. The SMILES string of the molecule is CN(c1ccc(N=NC2=C(O)C3CCCCC3C2=O)cc1)S(C)(=O)=O. The van der Waals surface area contributed by atoms with Crippen LogP contribution in [0.4, 0.5) is 11.4 Å². The Morgan fingerprint density at radius 3 is 2.24 bits per heavy atom. The fourth-order valence-corrected chi connectivity index (χ4v) is 3.88. The zero-order valence-corrected chi connectivity index (χ0v) is 15.0. The van der Waals surface area contributed by atoms with Crippen LogP contribution in [0, 0.1) is 11.8 Å². The molecule has 0 spiro atoms. The van der Waals surface area contributed by atoms with Gasteiger partial charge in [0.1, 0.15) is 5.76 Å². The molecule has 25 heavy (non-hydrogen) atoms. The summed E-state index contributed by atoms with van der Waals surface area (Å²) in [6.07, 6.45) is 4.74. The summed E-state index contributed by atoms with van der Waals surface area (Å²) in [5.41, 5.74) is 1.05. The van der Waals surface area contributed by atoms with Crippen molar-refractivity contribution in [1.29, 1.82) is 0 Å². The maximum absolute atomic E-state index is 12.4. The molecule has 0 aliphatic heterocycles. The third-order valence-corrected chi connectivity index (χ3v) is 6.11. The van der Waals surface area contributed by atoms with Crippen molar-refractivity contribution >= 4 is 27.2 Å². The third-order valence-electron chi connectivity index (χ3n) is 4.91. The van der Waals surface area contributed by atoms with Crippen LogP contribution >= 0.6 is 0 Å². The lowest BCUT2D eigenvalue weighted by Gasteiger charge is -2.23. The van der Waals surface area contributed by atoms with Gasteiger partial charge in [0, 0.05) is 18.9 Å². The number of nitrogens with zero attached hydrogens (tertiary/aromatic N) is 3. The number of hydrogen-bond acceptors (Lipinski definition) is 6. The molecule has 1 aromatic carbocycles. The highest BCUT2D eigenvalue weighted by atomic mass is 32.2. The Labute approximate surface area is 147 Å². The highest BCUT2D eigenvalue weighted by Crippen LogP contribution is 2.43. The van der Waals surface area contributed by atoms with Crippen LogP contribution in [0.25, 0.3) is 0 Å². The van der Waals surface area contributed by atoms with Gasteiger partial charge in [-0.2, -0.15) is 5.11 Å². The number of carbonyl (C=O) groups excluding carboxylic acids is 1. The second kappa shape index (κ2) is 6.59. The summed E-state index contributed by atoms with van der Waals surface area (Å²) in [4.78, 5) is 12.4. The standard InChI is InChI=1S/C17H21N3O4S/c1-20(25(2,23)24)12-9-7-11(8-10-12)18-19-15-16(21)13-5-3-4-6-14(13)17(15)22/h7-10,13-14,21H,3-6H2,1-2H3. The van der Waals surface area contributed by atoms with Crippen molar-refractivity contribution in [3.8, 4) is 0 Å². The van der Waals surface area contributed by atoms with E-state index in [1.165, 1.54) is 7.05 Å². The highest BCUT2D eigenvalue weighted by molar-refractivity contribution is 7.92. The number of anilines is 1. The van der Waals surface area contributed by atoms with Gasteiger partial charge in [-0.1, -0.05) is 12.8 Å². The van der Waals surface area contributed by atoms with E-state index in [1.807, 2.05) is 0 Å². The largest absolute Gasteiger partial charge is 0.510 e.